The summed E-state index contributed by atoms with van der Waals surface area (Å²) in [6.07, 6.45) is 4.95. The molecule has 0 aromatic carbocycles. The zero-order valence-electron chi connectivity index (χ0n) is 6.99. The van der Waals surface area contributed by atoms with Crippen LogP contribution in [0, 0.1) is 0 Å². The minimum Gasteiger partial charge on any atom is -0.300 e. The molecule has 1 aromatic rings. The molecule has 12 heavy (non-hydrogen) atoms. The van der Waals surface area contributed by atoms with E-state index in [2.05, 4.69) is 4.98 Å². The van der Waals surface area contributed by atoms with Gasteiger partial charge < -0.3 is 4.79 Å². The summed E-state index contributed by atoms with van der Waals surface area (Å²) in [5, 5.41) is 0. The molecule has 3 heteroatoms. The van der Waals surface area contributed by atoms with Gasteiger partial charge in [-0.15, -0.1) is 12.4 Å². The molecule has 0 N–H and O–H groups in total. The molecule has 2 nitrogen and oxygen atoms in total. The van der Waals surface area contributed by atoms with Gasteiger partial charge in [0.05, 0.1) is 0 Å². The topological polar surface area (TPSA) is 30.0 Å². The lowest BCUT2D eigenvalue weighted by Gasteiger charge is -1.95. The summed E-state index contributed by atoms with van der Waals surface area (Å²) >= 11 is 0. The van der Waals surface area contributed by atoms with Crippen LogP contribution >= 0.6 is 12.4 Å². The number of aromatic nitrogens is 1. The van der Waals surface area contributed by atoms with E-state index in [1.807, 2.05) is 12.1 Å². The number of hydrogen-bond acceptors (Lipinski definition) is 2. The van der Waals surface area contributed by atoms with E-state index in [4.69, 9.17) is 0 Å². The van der Waals surface area contributed by atoms with Crippen LogP contribution < -0.4 is 0 Å². The maximum Gasteiger partial charge on any atom is 0.130 e. The van der Waals surface area contributed by atoms with Crippen molar-refractivity contribution < 1.29 is 4.79 Å². The van der Waals surface area contributed by atoms with Crippen LogP contribution in [0.1, 0.15) is 18.9 Å². The quantitative estimate of drug-likeness (QED) is 0.721. The van der Waals surface area contributed by atoms with Crippen LogP contribution in [-0.2, 0) is 11.2 Å². The third kappa shape index (κ3) is 4.09. The zero-order chi connectivity index (χ0) is 8.10. The molecule has 0 aliphatic heterocycles. The lowest BCUT2D eigenvalue weighted by molar-refractivity contribution is -0.116. The Labute approximate surface area is 78.4 Å². The van der Waals surface area contributed by atoms with Gasteiger partial charge in [-0.2, -0.15) is 0 Å². The zero-order valence-corrected chi connectivity index (χ0v) is 7.80. The van der Waals surface area contributed by atoms with E-state index < -0.39 is 0 Å². The fourth-order valence-corrected chi connectivity index (χ4v) is 0.870. The van der Waals surface area contributed by atoms with Crippen LogP contribution in [0.4, 0.5) is 0 Å². The molecule has 0 aliphatic carbocycles. The van der Waals surface area contributed by atoms with Crippen molar-refractivity contribution in [1.82, 2.24) is 4.98 Å². The molecule has 0 radical (unpaired) electrons. The smallest absolute Gasteiger partial charge is 0.130 e. The number of carbonyl (C=O) groups is 1. The maximum atomic E-state index is 10.6. The van der Waals surface area contributed by atoms with Crippen molar-refractivity contribution in [2.24, 2.45) is 0 Å². The van der Waals surface area contributed by atoms with Crippen LogP contribution in [0.5, 0.6) is 0 Å². The highest BCUT2D eigenvalue weighted by molar-refractivity contribution is 5.85. The van der Waals surface area contributed by atoms with Crippen molar-refractivity contribution in [2.45, 2.75) is 19.8 Å². The Balaban J connectivity index is 0.00000121. The Hall–Kier alpha value is -0.890. The molecular weight excluding hydrogens is 174 g/mol. The highest BCUT2D eigenvalue weighted by Gasteiger charge is 1.94. The van der Waals surface area contributed by atoms with Gasteiger partial charge in [0, 0.05) is 18.8 Å². The molecule has 0 spiro atoms. The van der Waals surface area contributed by atoms with Crippen molar-refractivity contribution in [3.8, 4) is 0 Å². The van der Waals surface area contributed by atoms with E-state index in [0.29, 0.717) is 6.42 Å². The second-order valence-electron chi connectivity index (χ2n) is 2.56. The SMILES string of the molecule is CC(=O)CCc1ccncc1.Cl. The maximum absolute atomic E-state index is 10.6. The minimum atomic E-state index is 0. The van der Waals surface area contributed by atoms with Gasteiger partial charge in [-0.3, -0.25) is 4.98 Å². The van der Waals surface area contributed by atoms with E-state index in [9.17, 15) is 4.79 Å². The van der Waals surface area contributed by atoms with Gasteiger partial charge in [-0.25, -0.2) is 0 Å². The number of hydrogen-bond donors (Lipinski definition) is 0. The third-order valence-corrected chi connectivity index (χ3v) is 1.52. The largest absolute Gasteiger partial charge is 0.300 e. The average Bonchev–Trinajstić information content (AvgIpc) is 2.03. The van der Waals surface area contributed by atoms with Gasteiger partial charge in [0.15, 0.2) is 0 Å². The van der Waals surface area contributed by atoms with E-state index in [0.717, 1.165) is 6.42 Å². The molecular formula is C9H12ClNO. The van der Waals surface area contributed by atoms with E-state index in [1.54, 1.807) is 19.3 Å². The molecule has 0 amide bonds. The number of aryl methyl sites for hydroxylation is 1. The molecule has 0 saturated carbocycles. The average molecular weight is 186 g/mol. The van der Waals surface area contributed by atoms with Crippen molar-refractivity contribution in [3.63, 3.8) is 0 Å². The first-order valence-corrected chi connectivity index (χ1v) is 3.67. The summed E-state index contributed by atoms with van der Waals surface area (Å²) in [7, 11) is 0. The molecule has 0 atom stereocenters. The number of nitrogens with zero attached hydrogens (tertiary/aromatic N) is 1. The molecule has 0 aliphatic rings. The highest BCUT2D eigenvalue weighted by atomic mass is 35.5. The molecule has 0 saturated heterocycles. The highest BCUT2D eigenvalue weighted by Crippen LogP contribution is 2.00. The monoisotopic (exact) mass is 185 g/mol. The Bertz CT molecular complexity index is 236. The summed E-state index contributed by atoms with van der Waals surface area (Å²) in [5.74, 6) is 0.238. The summed E-state index contributed by atoms with van der Waals surface area (Å²) in [4.78, 5) is 14.5. The van der Waals surface area contributed by atoms with Crippen LogP contribution in [-0.4, -0.2) is 10.8 Å². The lowest BCUT2D eigenvalue weighted by atomic mass is 10.1. The van der Waals surface area contributed by atoms with Crippen LogP contribution in [0.25, 0.3) is 0 Å². The van der Waals surface area contributed by atoms with E-state index in [-0.39, 0.29) is 18.2 Å². The summed E-state index contributed by atoms with van der Waals surface area (Å²) in [5.41, 5.74) is 1.18. The van der Waals surface area contributed by atoms with Crippen LogP contribution in [0.2, 0.25) is 0 Å². The molecule has 66 valence electrons. The third-order valence-electron chi connectivity index (χ3n) is 1.52. The normalized spacial score (nSPS) is 8.75. The summed E-state index contributed by atoms with van der Waals surface area (Å²) < 4.78 is 0. The van der Waals surface area contributed by atoms with Crippen LogP contribution in [0.3, 0.4) is 0 Å². The van der Waals surface area contributed by atoms with Crippen LogP contribution in [0.15, 0.2) is 24.5 Å². The van der Waals surface area contributed by atoms with Crippen molar-refractivity contribution in [3.05, 3.63) is 30.1 Å². The van der Waals surface area contributed by atoms with E-state index >= 15 is 0 Å². The second-order valence-corrected chi connectivity index (χ2v) is 2.56. The molecule has 0 fully saturated rings. The number of pyridine rings is 1. The van der Waals surface area contributed by atoms with Gasteiger partial charge in [-0.1, -0.05) is 0 Å². The van der Waals surface area contributed by atoms with Gasteiger partial charge in [-0.05, 0) is 31.0 Å². The number of Topliss-reactive ketones (excluding diaryl/α,β-unsaturated/α-hetero) is 1. The Morgan fingerprint density at radius 1 is 1.42 bits per heavy atom. The molecule has 1 rings (SSSR count). The molecule has 1 heterocycles. The standard InChI is InChI=1S/C9H11NO.ClH/c1-8(11)2-3-9-4-6-10-7-5-9;/h4-7H,2-3H2,1H3;1H. The Morgan fingerprint density at radius 2 is 2.00 bits per heavy atom. The first-order valence-electron chi connectivity index (χ1n) is 3.67. The fourth-order valence-electron chi connectivity index (χ4n) is 0.870. The second kappa shape index (κ2) is 5.72. The number of rotatable bonds is 3. The molecule has 0 bridgehead atoms. The lowest BCUT2D eigenvalue weighted by Crippen LogP contribution is -1.93. The Morgan fingerprint density at radius 3 is 2.50 bits per heavy atom. The number of halogens is 1. The van der Waals surface area contributed by atoms with Gasteiger partial charge in [0.2, 0.25) is 0 Å². The van der Waals surface area contributed by atoms with E-state index in [1.165, 1.54) is 5.56 Å². The summed E-state index contributed by atoms with van der Waals surface area (Å²) in [6, 6.07) is 3.87. The van der Waals surface area contributed by atoms with Gasteiger partial charge in [0.25, 0.3) is 0 Å². The predicted molar refractivity (Wildman–Crippen MR) is 50.5 cm³/mol. The van der Waals surface area contributed by atoms with Crippen molar-refractivity contribution in [1.29, 1.82) is 0 Å². The summed E-state index contributed by atoms with van der Waals surface area (Å²) in [6.45, 7) is 1.61. The van der Waals surface area contributed by atoms with Gasteiger partial charge in [0.1, 0.15) is 5.78 Å². The van der Waals surface area contributed by atoms with Crippen molar-refractivity contribution >= 4 is 18.2 Å². The van der Waals surface area contributed by atoms with Crippen molar-refractivity contribution in [2.75, 3.05) is 0 Å². The minimum absolute atomic E-state index is 0. The van der Waals surface area contributed by atoms with Gasteiger partial charge >= 0.3 is 0 Å². The first kappa shape index (κ1) is 11.1. The Kier molecular flexibility index (Phi) is 5.30. The fraction of sp³-hybridized carbons (Fsp3) is 0.333. The number of carbonyl (C=O) groups excluding carboxylic acids is 1. The molecule has 0 unspecified atom stereocenters. The first-order chi connectivity index (χ1) is 5.29. The number of ketones is 1. The molecule has 1 aromatic heterocycles. The predicted octanol–water partition coefficient (Wildman–Crippen LogP) is 2.02.